The Hall–Kier alpha value is -2.99. The molecule has 0 aliphatic heterocycles. The third-order valence-corrected chi connectivity index (χ3v) is 4.34. The molecule has 6 nitrogen and oxygen atoms in total. The lowest BCUT2D eigenvalue weighted by molar-refractivity contribution is -0.132. The van der Waals surface area contributed by atoms with Crippen LogP contribution in [0.25, 0.3) is 0 Å². The number of benzene rings is 2. The smallest absolute Gasteiger partial charge is 0.352 e. The Kier molecular flexibility index (Phi) is 6.47. The standard InChI is InChI=1S/C20H20ClNO5/c1-11-5-6-13(7-12(11)2)17(23)9-16(20(24)25)22-15-8-14(21)18(26-3)10-19(15)27-4/h5-10,22H,1-4H3,(H,24,25)/b16-9+. The molecule has 2 rings (SSSR count). The van der Waals surface area contributed by atoms with Crippen molar-refractivity contribution in [3.63, 3.8) is 0 Å². The second kappa shape index (κ2) is 8.60. The summed E-state index contributed by atoms with van der Waals surface area (Å²) in [5.41, 5.74) is 2.38. The van der Waals surface area contributed by atoms with Gasteiger partial charge in [-0.3, -0.25) is 4.79 Å². The van der Waals surface area contributed by atoms with E-state index in [9.17, 15) is 14.7 Å². The minimum Gasteiger partial charge on any atom is -0.495 e. The van der Waals surface area contributed by atoms with Gasteiger partial charge in [0.15, 0.2) is 5.78 Å². The molecule has 142 valence electrons. The first kappa shape index (κ1) is 20.3. The fraction of sp³-hybridized carbons (Fsp3) is 0.200. The number of aryl methyl sites for hydroxylation is 2. The van der Waals surface area contributed by atoms with Crippen LogP contribution < -0.4 is 14.8 Å². The zero-order valence-corrected chi connectivity index (χ0v) is 16.2. The molecule has 0 saturated carbocycles. The number of anilines is 1. The van der Waals surface area contributed by atoms with Gasteiger partial charge in [-0.15, -0.1) is 0 Å². The average Bonchev–Trinajstić information content (AvgIpc) is 2.63. The van der Waals surface area contributed by atoms with Gasteiger partial charge in [0.2, 0.25) is 0 Å². The van der Waals surface area contributed by atoms with E-state index in [1.807, 2.05) is 19.9 Å². The van der Waals surface area contributed by atoms with Crippen molar-refractivity contribution in [2.45, 2.75) is 13.8 Å². The maximum absolute atomic E-state index is 12.5. The van der Waals surface area contributed by atoms with E-state index in [1.54, 1.807) is 12.1 Å². The number of methoxy groups -OCH3 is 2. The van der Waals surface area contributed by atoms with Crippen LogP contribution in [-0.4, -0.2) is 31.1 Å². The highest BCUT2D eigenvalue weighted by molar-refractivity contribution is 6.32. The molecular weight excluding hydrogens is 370 g/mol. The minimum atomic E-state index is -1.29. The molecule has 0 radical (unpaired) electrons. The number of hydrogen-bond acceptors (Lipinski definition) is 5. The Morgan fingerprint density at radius 1 is 1.04 bits per heavy atom. The lowest BCUT2D eigenvalue weighted by Crippen LogP contribution is -2.13. The van der Waals surface area contributed by atoms with Gasteiger partial charge in [0.05, 0.1) is 24.9 Å². The van der Waals surface area contributed by atoms with Gasteiger partial charge in [0, 0.05) is 17.7 Å². The van der Waals surface area contributed by atoms with Crippen LogP contribution in [-0.2, 0) is 4.79 Å². The van der Waals surface area contributed by atoms with Gasteiger partial charge < -0.3 is 19.9 Å². The van der Waals surface area contributed by atoms with Gasteiger partial charge >= 0.3 is 5.97 Å². The number of halogens is 1. The van der Waals surface area contributed by atoms with E-state index in [0.29, 0.717) is 22.7 Å². The molecule has 27 heavy (non-hydrogen) atoms. The summed E-state index contributed by atoms with van der Waals surface area (Å²) >= 11 is 6.10. The fourth-order valence-corrected chi connectivity index (χ4v) is 2.60. The molecule has 0 fully saturated rings. The molecule has 2 N–H and O–H groups in total. The van der Waals surface area contributed by atoms with Crippen molar-refractivity contribution in [3.8, 4) is 11.5 Å². The molecule has 7 heteroatoms. The highest BCUT2D eigenvalue weighted by Gasteiger charge is 2.16. The van der Waals surface area contributed by atoms with Crippen LogP contribution in [0.3, 0.4) is 0 Å². The van der Waals surface area contributed by atoms with E-state index < -0.39 is 11.8 Å². The summed E-state index contributed by atoms with van der Waals surface area (Å²) < 4.78 is 10.3. The van der Waals surface area contributed by atoms with Gasteiger partial charge in [-0.05, 0) is 37.1 Å². The van der Waals surface area contributed by atoms with Gasteiger partial charge in [-0.1, -0.05) is 23.7 Å². The maximum atomic E-state index is 12.5. The number of ether oxygens (including phenoxy) is 2. The molecular formula is C20H20ClNO5. The van der Waals surface area contributed by atoms with Crippen LogP contribution in [0.5, 0.6) is 11.5 Å². The normalized spacial score (nSPS) is 11.1. The average molecular weight is 390 g/mol. The highest BCUT2D eigenvalue weighted by Crippen LogP contribution is 2.36. The molecule has 2 aromatic rings. The first-order valence-corrected chi connectivity index (χ1v) is 8.39. The molecule has 0 atom stereocenters. The number of carboxylic acid groups (broad SMARTS) is 1. The Balaban J connectivity index is 2.39. The SMILES string of the molecule is COc1cc(OC)c(N/C(=C/C(=O)c2ccc(C)c(C)c2)C(=O)O)cc1Cl. The fourth-order valence-electron chi connectivity index (χ4n) is 2.36. The summed E-state index contributed by atoms with van der Waals surface area (Å²) in [4.78, 5) is 24.1. The first-order chi connectivity index (χ1) is 12.8. The molecule has 0 amide bonds. The zero-order valence-electron chi connectivity index (χ0n) is 15.4. The van der Waals surface area contributed by atoms with Crippen molar-refractivity contribution >= 4 is 29.0 Å². The number of carbonyl (C=O) groups excluding carboxylic acids is 1. The van der Waals surface area contributed by atoms with Crippen molar-refractivity contribution < 1.29 is 24.2 Å². The highest BCUT2D eigenvalue weighted by atomic mass is 35.5. The summed E-state index contributed by atoms with van der Waals surface area (Å²) in [6, 6.07) is 8.19. The van der Waals surface area contributed by atoms with Crippen LogP contribution in [0.4, 0.5) is 5.69 Å². The molecule has 0 saturated heterocycles. The monoisotopic (exact) mass is 389 g/mol. The first-order valence-electron chi connectivity index (χ1n) is 8.02. The number of rotatable bonds is 7. The van der Waals surface area contributed by atoms with Crippen LogP contribution in [0.2, 0.25) is 5.02 Å². The predicted octanol–water partition coefficient (Wildman–Crippen LogP) is 4.24. The van der Waals surface area contributed by atoms with E-state index in [1.165, 1.54) is 26.4 Å². The molecule has 0 unspecified atom stereocenters. The van der Waals surface area contributed by atoms with Gasteiger partial charge in [0.25, 0.3) is 0 Å². The van der Waals surface area contributed by atoms with Gasteiger partial charge in [-0.2, -0.15) is 0 Å². The molecule has 0 aliphatic rings. The van der Waals surface area contributed by atoms with Crippen molar-refractivity contribution in [2.24, 2.45) is 0 Å². The topological polar surface area (TPSA) is 84.9 Å². The quantitative estimate of drug-likeness (QED) is 0.544. The van der Waals surface area contributed by atoms with Crippen LogP contribution >= 0.6 is 11.6 Å². The summed E-state index contributed by atoms with van der Waals surface area (Å²) in [7, 11) is 2.89. The van der Waals surface area contributed by atoms with Crippen LogP contribution in [0.15, 0.2) is 42.1 Å². The third kappa shape index (κ3) is 4.80. The van der Waals surface area contributed by atoms with E-state index in [2.05, 4.69) is 5.32 Å². The number of carboxylic acids is 1. The third-order valence-electron chi connectivity index (χ3n) is 4.04. The number of carbonyl (C=O) groups is 2. The summed E-state index contributed by atoms with van der Waals surface area (Å²) in [5.74, 6) is -1.02. The van der Waals surface area contributed by atoms with Gasteiger partial charge in [0.1, 0.15) is 17.2 Å². The van der Waals surface area contributed by atoms with Crippen molar-refractivity contribution in [2.75, 3.05) is 19.5 Å². The molecule has 0 heterocycles. The summed E-state index contributed by atoms with van der Waals surface area (Å²) in [6.45, 7) is 3.82. The van der Waals surface area contributed by atoms with Crippen LogP contribution in [0, 0.1) is 13.8 Å². The second-order valence-electron chi connectivity index (χ2n) is 5.84. The number of nitrogens with one attached hydrogen (secondary N) is 1. The number of aliphatic carboxylic acids is 1. The molecule has 0 aliphatic carbocycles. The number of hydrogen-bond donors (Lipinski definition) is 2. The van der Waals surface area contributed by atoms with Crippen molar-refractivity contribution in [1.29, 1.82) is 0 Å². The number of allylic oxidation sites excluding steroid dienone is 1. The van der Waals surface area contributed by atoms with Crippen molar-refractivity contribution in [3.05, 3.63) is 63.8 Å². The van der Waals surface area contributed by atoms with Gasteiger partial charge in [-0.25, -0.2) is 4.79 Å². The van der Waals surface area contributed by atoms with E-state index in [4.69, 9.17) is 21.1 Å². The summed E-state index contributed by atoms with van der Waals surface area (Å²) in [5, 5.41) is 12.4. The summed E-state index contributed by atoms with van der Waals surface area (Å²) in [6.07, 6.45) is 1.03. The van der Waals surface area contributed by atoms with E-state index in [-0.39, 0.29) is 10.7 Å². The lowest BCUT2D eigenvalue weighted by atomic mass is 10.0. The molecule has 0 aromatic heterocycles. The Labute approximate surface area is 162 Å². The second-order valence-corrected chi connectivity index (χ2v) is 6.25. The zero-order chi connectivity index (χ0) is 20.1. The molecule has 0 spiro atoms. The molecule has 2 aromatic carbocycles. The van der Waals surface area contributed by atoms with E-state index >= 15 is 0 Å². The Morgan fingerprint density at radius 2 is 1.70 bits per heavy atom. The van der Waals surface area contributed by atoms with Crippen molar-refractivity contribution in [1.82, 2.24) is 0 Å². The lowest BCUT2D eigenvalue weighted by Gasteiger charge is -2.14. The van der Waals surface area contributed by atoms with Crippen LogP contribution in [0.1, 0.15) is 21.5 Å². The minimum absolute atomic E-state index is 0.269. The number of ketones is 1. The molecule has 0 bridgehead atoms. The Morgan fingerprint density at radius 3 is 2.26 bits per heavy atom. The predicted molar refractivity (Wildman–Crippen MR) is 104 cm³/mol. The van der Waals surface area contributed by atoms with E-state index in [0.717, 1.165) is 17.2 Å². The maximum Gasteiger partial charge on any atom is 0.352 e. The largest absolute Gasteiger partial charge is 0.495 e. The Bertz CT molecular complexity index is 921.